The maximum Gasteiger partial charge on any atom is 0.0812 e. The van der Waals surface area contributed by atoms with Crippen molar-refractivity contribution in [3.8, 4) is 0 Å². The number of nitrogens with one attached hydrogen (secondary N) is 2. The second-order valence-corrected chi connectivity index (χ2v) is 4.32. The van der Waals surface area contributed by atoms with Gasteiger partial charge in [-0.15, -0.1) is 0 Å². The number of para-hydroxylation sites is 1. The van der Waals surface area contributed by atoms with Crippen molar-refractivity contribution in [1.29, 1.82) is 0 Å². The number of quaternary nitrogens is 1. The predicted octanol–water partition coefficient (Wildman–Crippen LogP) is 1.64. The van der Waals surface area contributed by atoms with Crippen LogP contribution in [0.15, 0.2) is 30.5 Å². The molecule has 0 aliphatic heterocycles. The average molecular weight is 217 g/mol. The number of H-pyrrole nitrogens is 1. The first-order valence-electron chi connectivity index (χ1n) is 6.23. The first kappa shape index (κ1) is 11.2. The summed E-state index contributed by atoms with van der Waals surface area (Å²) < 4.78 is 0. The molecule has 2 nitrogen and oxygen atoms in total. The van der Waals surface area contributed by atoms with Crippen LogP contribution in [0.2, 0.25) is 0 Å². The standard InChI is InChI=1S/C14H20N2/c1-3-16(4-2)10-9-12-11-15-14-8-6-5-7-13(12)14/h5-8,11,15H,3-4,9-10H2,1-2H3/p+1. The van der Waals surface area contributed by atoms with Gasteiger partial charge in [0.05, 0.1) is 19.6 Å². The lowest BCUT2D eigenvalue weighted by Crippen LogP contribution is -3.11. The van der Waals surface area contributed by atoms with Gasteiger partial charge in [-0.2, -0.15) is 0 Å². The molecule has 0 saturated carbocycles. The van der Waals surface area contributed by atoms with Crippen LogP contribution < -0.4 is 4.90 Å². The Morgan fingerprint density at radius 2 is 1.88 bits per heavy atom. The van der Waals surface area contributed by atoms with Crippen LogP contribution in [-0.2, 0) is 6.42 Å². The second-order valence-electron chi connectivity index (χ2n) is 4.32. The van der Waals surface area contributed by atoms with Gasteiger partial charge < -0.3 is 9.88 Å². The fraction of sp³-hybridized carbons (Fsp3) is 0.429. The van der Waals surface area contributed by atoms with Crippen LogP contribution in [0, 0.1) is 0 Å². The Labute approximate surface area is 97.3 Å². The first-order chi connectivity index (χ1) is 7.85. The summed E-state index contributed by atoms with van der Waals surface area (Å²) in [4.78, 5) is 5.01. The van der Waals surface area contributed by atoms with Gasteiger partial charge in [0.2, 0.25) is 0 Å². The topological polar surface area (TPSA) is 20.2 Å². The lowest BCUT2D eigenvalue weighted by molar-refractivity contribution is -0.896. The van der Waals surface area contributed by atoms with E-state index in [1.54, 1.807) is 4.90 Å². The Bertz CT molecular complexity index is 441. The van der Waals surface area contributed by atoms with Crippen molar-refractivity contribution >= 4 is 10.9 Å². The third kappa shape index (κ3) is 2.27. The summed E-state index contributed by atoms with van der Waals surface area (Å²) in [5.41, 5.74) is 2.71. The number of aromatic nitrogens is 1. The van der Waals surface area contributed by atoms with E-state index in [4.69, 9.17) is 0 Å². The van der Waals surface area contributed by atoms with E-state index in [2.05, 4.69) is 49.3 Å². The van der Waals surface area contributed by atoms with Crippen molar-refractivity contribution in [2.75, 3.05) is 19.6 Å². The van der Waals surface area contributed by atoms with E-state index in [0.29, 0.717) is 0 Å². The number of hydrogen-bond acceptors (Lipinski definition) is 0. The Kier molecular flexibility index (Phi) is 3.62. The molecular formula is C14H21N2+. The van der Waals surface area contributed by atoms with Gasteiger partial charge in [0.15, 0.2) is 0 Å². The maximum atomic E-state index is 3.34. The number of fused-ring (bicyclic) bond motifs is 1. The monoisotopic (exact) mass is 217 g/mol. The minimum atomic E-state index is 1.17. The van der Waals surface area contributed by atoms with Crippen molar-refractivity contribution in [3.63, 3.8) is 0 Å². The van der Waals surface area contributed by atoms with E-state index in [1.165, 1.54) is 42.5 Å². The number of benzene rings is 1. The molecule has 0 bridgehead atoms. The van der Waals surface area contributed by atoms with Gasteiger partial charge in [-0.25, -0.2) is 0 Å². The molecule has 0 amide bonds. The normalized spacial score (nSPS) is 11.4. The average Bonchev–Trinajstić information content (AvgIpc) is 2.74. The third-order valence-electron chi connectivity index (χ3n) is 3.42. The molecule has 86 valence electrons. The lowest BCUT2D eigenvalue weighted by atomic mass is 10.1. The van der Waals surface area contributed by atoms with Gasteiger partial charge in [-0.1, -0.05) is 18.2 Å². The zero-order valence-electron chi connectivity index (χ0n) is 10.2. The largest absolute Gasteiger partial charge is 0.361 e. The number of likely N-dealkylation sites (N-methyl/N-ethyl adjacent to an activating group) is 1. The lowest BCUT2D eigenvalue weighted by Gasteiger charge is -2.14. The van der Waals surface area contributed by atoms with Crippen molar-refractivity contribution < 1.29 is 4.90 Å². The molecular weight excluding hydrogens is 196 g/mol. The molecule has 1 heterocycles. The van der Waals surface area contributed by atoms with Crippen LogP contribution in [0.1, 0.15) is 19.4 Å². The highest BCUT2D eigenvalue weighted by Gasteiger charge is 2.06. The number of hydrogen-bond donors (Lipinski definition) is 2. The summed E-state index contributed by atoms with van der Waals surface area (Å²) in [6, 6.07) is 8.55. The Morgan fingerprint density at radius 3 is 2.62 bits per heavy atom. The van der Waals surface area contributed by atoms with Crippen molar-refractivity contribution in [2.24, 2.45) is 0 Å². The smallest absolute Gasteiger partial charge is 0.0812 e. The van der Waals surface area contributed by atoms with Crippen LogP contribution in [0.3, 0.4) is 0 Å². The highest BCUT2D eigenvalue weighted by atomic mass is 15.1. The summed E-state index contributed by atoms with van der Waals surface area (Å²) in [5, 5.41) is 1.38. The zero-order valence-corrected chi connectivity index (χ0v) is 10.2. The van der Waals surface area contributed by atoms with Gasteiger partial charge in [0.25, 0.3) is 0 Å². The predicted molar refractivity (Wildman–Crippen MR) is 68.9 cm³/mol. The van der Waals surface area contributed by atoms with E-state index in [0.717, 1.165) is 0 Å². The van der Waals surface area contributed by atoms with Gasteiger partial charge >= 0.3 is 0 Å². The molecule has 0 unspecified atom stereocenters. The van der Waals surface area contributed by atoms with E-state index in [-0.39, 0.29) is 0 Å². The van der Waals surface area contributed by atoms with Crippen LogP contribution in [0.25, 0.3) is 10.9 Å². The molecule has 1 aromatic heterocycles. The zero-order chi connectivity index (χ0) is 11.4. The Hall–Kier alpha value is -1.28. The minimum Gasteiger partial charge on any atom is -0.361 e. The molecule has 16 heavy (non-hydrogen) atoms. The minimum absolute atomic E-state index is 1.17. The van der Waals surface area contributed by atoms with E-state index < -0.39 is 0 Å². The Morgan fingerprint density at radius 1 is 1.12 bits per heavy atom. The molecule has 0 spiro atoms. The quantitative estimate of drug-likeness (QED) is 0.759. The van der Waals surface area contributed by atoms with Crippen molar-refractivity contribution in [2.45, 2.75) is 20.3 Å². The van der Waals surface area contributed by atoms with E-state index in [9.17, 15) is 0 Å². The van der Waals surface area contributed by atoms with Crippen LogP contribution in [0.4, 0.5) is 0 Å². The first-order valence-corrected chi connectivity index (χ1v) is 6.23. The molecule has 2 aromatic rings. The molecule has 0 radical (unpaired) electrons. The van der Waals surface area contributed by atoms with Gasteiger partial charge in [0, 0.05) is 23.5 Å². The number of aromatic amines is 1. The summed E-state index contributed by atoms with van der Waals surface area (Å²) in [5.74, 6) is 0. The van der Waals surface area contributed by atoms with E-state index >= 15 is 0 Å². The van der Waals surface area contributed by atoms with Crippen LogP contribution in [-0.4, -0.2) is 24.6 Å². The van der Waals surface area contributed by atoms with Crippen molar-refractivity contribution in [1.82, 2.24) is 4.98 Å². The van der Waals surface area contributed by atoms with Gasteiger partial charge in [-0.3, -0.25) is 0 Å². The van der Waals surface area contributed by atoms with Crippen LogP contribution in [0.5, 0.6) is 0 Å². The Balaban J connectivity index is 2.09. The fourth-order valence-corrected chi connectivity index (χ4v) is 2.25. The molecule has 2 N–H and O–H groups in total. The van der Waals surface area contributed by atoms with Gasteiger partial charge in [-0.05, 0) is 25.5 Å². The van der Waals surface area contributed by atoms with Gasteiger partial charge in [0.1, 0.15) is 0 Å². The summed E-state index contributed by atoms with van der Waals surface area (Å²) in [6.07, 6.45) is 3.33. The summed E-state index contributed by atoms with van der Waals surface area (Å²) in [7, 11) is 0. The maximum absolute atomic E-state index is 3.34. The molecule has 2 rings (SSSR count). The third-order valence-corrected chi connectivity index (χ3v) is 3.42. The molecule has 0 saturated heterocycles. The molecule has 0 fully saturated rings. The second kappa shape index (κ2) is 5.17. The highest BCUT2D eigenvalue weighted by molar-refractivity contribution is 5.82. The SMILES string of the molecule is CC[NH+](CC)CCc1c[nH]c2ccccc12. The van der Waals surface area contributed by atoms with Crippen molar-refractivity contribution in [3.05, 3.63) is 36.0 Å². The number of rotatable bonds is 5. The van der Waals surface area contributed by atoms with E-state index in [1.807, 2.05) is 0 Å². The molecule has 2 heteroatoms. The molecule has 1 aromatic carbocycles. The summed E-state index contributed by atoms with van der Waals surface area (Å²) >= 11 is 0. The molecule has 0 aliphatic carbocycles. The van der Waals surface area contributed by atoms with Crippen LogP contribution >= 0.6 is 0 Å². The summed E-state index contributed by atoms with van der Waals surface area (Å²) in [6.45, 7) is 8.19. The fourth-order valence-electron chi connectivity index (χ4n) is 2.25. The molecule has 0 atom stereocenters. The highest BCUT2D eigenvalue weighted by Crippen LogP contribution is 2.17. The molecule has 0 aliphatic rings.